The number of hydrogen-bond donors (Lipinski definition) is 3. The van der Waals surface area contributed by atoms with Crippen molar-refractivity contribution in [2.45, 2.75) is 38.9 Å². The lowest BCUT2D eigenvalue weighted by Crippen LogP contribution is -2.50. The maximum Gasteiger partial charge on any atom is 0.326 e. The van der Waals surface area contributed by atoms with Gasteiger partial charge in [-0.2, -0.15) is 0 Å². The SMILES string of the molecule is Cc1ccc(Cl)cc1NC(=O)NC(=O)c1ccc2c(c1)CN(C1CCC(=O)NC1=O)C2. The lowest BCUT2D eigenvalue weighted by Gasteiger charge is -2.29. The maximum atomic E-state index is 12.6. The molecule has 31 heavy (non-hydrogen) atoms. The number of carbonyl (C=O) groups is 4. The first-order chi connectivity index (χ1) is 14.8. The maximum absolute atomic E-state index is 12.6. The van der Waals surface area contributed by atoms with Crippen molar-refractivity contribution in [2.24, 2.45) is 0 Å². The van der Waals surface area contributed by atoms with E-state index in [2.05, 4.69) is 16.0 Å². The van der Waals surface area contributed by atoms with Crippen molar-refractivity contribution in [3.05, 3.63) is 63.7 Å². The molecule has 8 nitrogen and oxygen atoms in total. The van der Waals surface area contributed by atoms with Crippen LogP contribution in [0.3, 0.4) is 0 Å². The van der Waals surface area contributed by atoms with E-state index in [4.69, 9.17) is 11.6 Å². The average Bonchev–Trinajstić information content (AvgIpc) is 3.13. The molecule has 0 aliphatic carbocycles. The molecule has 160 valence electrons. The molecule has 1 saturated heterocycles. The van der Waals surface area contributed by atoms with Crippen molar-refractivity contribution in [2.75, 3.05) is 5.32 Å². The van der Waals surface area contributed by atoms with Crippen LogP contribution in [0, 0.1) is 6.92 Å². The first-order valence-corrected chi connectivity index (χ1v) is 10.3. The van der Waals surface area contributed by atoms with Crippen LogP contribution in [0.25, 0.3) is 0 Å². The van der Waals surface area contributed by atoms with Crippen LogP contribution in [0.15, 0.2) is 36.4 Å². The first kappa shape index (κ1) is 21.0. The fourth-order valence-electron chi connectivity index (χ4n) is 3.87. The van der Waals surface area contributed by atoms with Crippen molar-refractivity contribution < 1.29 is 19.2 Å². The number of hydrogen-bond acceptors (Lipinski definition) is 5. The number of piperidine rings is 1. The van der Waals surface area contributed by atoms with E-state index in [1.54, 1.807) is 30.3 Å². The van der Waals surface area contributed by atoms with Gasteiger partial charge in [-0.05, 0) is 54.3 Å². The molecule has 0 saturated carbocycles. The molecule has 5 amide bonds. The Hall–Kier alpha value is -3.23. The molecule has 9 heteroatoms. The van der Waals surface area contributed by atoms with Crippen molar-refractivity contribution in [3.8, 4) is 0 Å². The largest absolute Gasteiger partial charge is 0.326 e. The van der Waals surface area contributed by atoms with Gasteiger partial charge in [-0.1, -0.05) is 23.7 Å². The Morgan fingerprint density at radius 2 is 1.87 bits per heavy atom. The van der Waals surface area contributed by atoms with E-state index in [-0.39, 0.29) is 17.9 Å². The minimum absolute atomic E-state index is 0.247. The Kier molecular flexibility index (Phi) is 5.75. The van der Waals surface area contributed by atoms with Crippen LogP contribution in [0.5, 0.6) is 0 Å². The second kappa shape index (κ2) is 8.49. The van der Waals surface area contributed by atoms with Crippen LogP contribution in [0.1, 0.15) is 39.9 Å². The molecular formula is C22H21ClN4O4. The summed E-state index contributed by atoms with van der Waals surface area (Å²) in [5.74, 6) is -1.06. The molecule has 0 bridgehead atoms. The number of halogens is 1. The molecule has 3 N–H and O–H groups in total. The number of imide groups is 2. The van der Waals surface area contributed by atoms with E-state index >= 15 is 0 Å². The van der Waals surface area contributed by atoms with Gasteiger partial charge in [0.2, 0.25) is 11.8 Å². The van der Waals surface area contributed by atoms with Crippen LogP contribution in [-0.2, 0) is 22.7 Å². The zero-order valence-corrected chi connectivity index (χ0v) is 17.6. The highest BCUT2D eigenvalue weighted by Gasteiger charge is 2.34. The summed E-state index contributed by atoms with van der Waals surface area (Å²) in [4.78, 5) is 50.3. The number of fused-ring (bicyclic) bond motifs is 1. The van der Waals surface area contributed by atoms with Gasteiger partial charge in [0, 0.05) is 35.8 Å². The molecule has 2 aliphatic rings. The van der Waals surface area contributed by atoms with E-state index in [0.29, 0.717) is 42.2 Å². The number of carbonyl (C=O) groups excluding carboxylic acids is 4. The van der Waals surface area contributed by atoms with Crippen LogP contribution in [0.2, 0.25) is 5.02 Å². The molecule has 1 atom stereocenters. The highest BCUT2D eigenvalue weighted by atomic mass is 35.5. The molecule has 2 aromatic rings. The van der Waals surface area contributed by atoms with Gasteiger partial charge in [0.15, 0.2) is 0 Å². The van der Waals surface area contributed by atoms with Crippen molar-refractivity contribution in [3.63, 3.8) is 0 Å². The Bertz CT molecular complexity index is 1100. The molecule has 0 aromatic heterocycles. The van der Waals surface area contributed by atoms with Crippen LogP contribution in [-0.4, -0.2) is 34.7 Å². The molecule has 2 heterocycles. The lowest BCUT2D eigenvalue weighted by atomic mass is 10.0. The molecule has 2 aromatic carbocycles. The summed E-state index contributed by atoms with van der Waals surface area (Å²) in [6.07, 6.45) is 0.799. The summed E-state index contributed by atoms with van der Waals surface area (Å²) in [6, 6.07) is 9.29. The van der Waals surface area contributed by atoms with Gasteiger partial charge in [0.25, 0.3) is 5.91 Å². The fourth-order valence-corrected chi connectivity index (χ4v) is 4.04. The Morgan fingerprint density at radius 1 is 1.10 bits per heavy atom. The van der Waals surface area contributed by atoms with Crippen molar-refractivity contribution in [1.29, 1.82) is 0 Å². The van der Waals surface area contributed by atoms with Gasteiger partial charge >= 0.3 is 6.03 Å². The third kappa shape index (κ3) is 4.60. The summed E-state index contributed by atoms with van der Waals surface area (Å²) >= 11 is 5.96. The minimum Gasteiger partial charge on any atom is -0.307 e. The number of anilines is 1. The Balaban J connectivity index is 1.40. The number of rotatable bonds is 3. The highest BCUT2D eigenvalue weighted by Crippen LogP contribution is 2.28. The van der Waals surface area contributed by atoms with Crippen molar-refractivity contribution >= 4 is 41.0 Å². The number of nitrogens with one attached hydrogen (secondary N) is 3. The predicted octanol–water partition coefficient (Wildman–Crippen LogP) is 2.73. The van der Waals surface area contributed by atoms with Gasteiger partial charge in [0.05, 0.1) is 6.04 Å². The van der Waals surface area contributed by atoms with E-state index in [0.717, 1.165) is 16.7 Å². The monoisotopic (exact) mass is 440 g/mol. The molecular weight excluding hydrogens is 420 g/mol. The zero-order chi connectivity index (χ0) is 22.1. The van der Waals surface area contributed by atoms with Crippen molar-refractivity contribution in [1.82, 2.24) is 15.5 Å². The van der Waals surface area contributed by atoms with Crippen LogP contribution >= 0.6 is 11.6 Å². The summed E-state index contributed by atoms with van der Waals surface area (Å²) < 4.78 is 0. The normalized spacial score (nSPS) is 18.3. The second-order valence-corrected chi connectivity index (χ2v) is 8.16. The van der Waals surface area contributed by atoms with Gasteiger partial charge < -0.3 is 5.32 Å². The standard InChI is InChI=1S/C22H21ClN4O4/c1-12-2-5-16(23)9-17(12)24-22(31)26-20(29)13-3-4-14-10-27(11-15(14)8-13)18-6-7-19(28)25-21(18)30/h2-5,8-9,18H,6-7,10-11H2,1H3,(H,25,28,30)(H2,24,26,29,31). The third-order valence-corrected chi connectivity index (χ3v) is 5.78. The Morgan fingerprint density at radius 3 is 2.65 bits per heavy atom. The number of benzene rings is 2. The van der Waals surface area contributed by atoms with E-state index in [1.165, 1.54) is 0 Å². The molecule has 4 rings (SSSR count). The van der Waals surface area contributed by atoms with Gasteiger partial charge in [-0.15, -0.1) is 0 Å². The highest BCUT2D eigenvalue weighted by molar-refractivity contribution is 6.31. The summed E-state index contributed by atoms with van der Waals surface area (Å²) in [5, 5.41) is 7.80. The molecule has 0 spiro atoms. The smallest absolute Gasteiger partial charge is 0.307 e. The molecule has 1 unspecified atom stereocenters. The van der Waals surface area contributed by atoms with Gasteiger partial charge in [0.1, 0.15) is 0 Å². The predicted molar refractivity (Wildman–Crippen MR) is 115 cm³/mol. The number of nitrogens with zero attached hydrogens (tertiary/aromatic N) is 1. The molecule has 0 radical (unpaired) electrons. The fraction of sp³-hybridized carbons (Fsp3) is 0.273. The summed E-state index contributed by atoms with van der Waals surface area (Å²) in [6.45, 7) is 2.89. The first-order valence-electron chi connectivity index (χ1n) is 9.88. The van der Waals surface area contributed by atoms with Gasteiger partial charge in [-0.3, -0.25) is 29.9 Å². The van der Waals surface area contributed by atoms with Crippen LogP contribution in [0.4, 0.5) is 10.5 Å². The molecule has 1 fully saturated rings. The minimum atomic E-state index is -0.652. The summed E-state index contributed by atoms with van der Waals surface area (Å²) in [7, 11) is 0. The second-order valence-electron chi connectivity index (χ2n) is 7.72. The van der Waals surface area contributed by atoms with E-state index < -0.39 is 11.9 Å². The van der Waals surface area contributed by atoms with E-state index in [1.807, 2.05) is 17.9 Å². The third-order valence-electron chi connectivity index (χ3n) is 5.54. The summed E-state index contributed by atoms with van der Waals surface area (Å²) in [5.41, 5.74) is 3.62. The van der Waals surface area contributed by atoms with E-state index in [9.17, 15) is 19.2 Å². The Labute approximate surface area is 183 Å². The lowest BCUT2D eigenvalue weighted by molar-refractivity contribution is -0.137. The molecule has 2 aliphatic heterocycles. The quantitative estimate of drug-likeness (QED) is 0.636. The topological polar surface area (TPSA) is 108 Å². The average molecular weight is 441 g/mol. The number of amides is 5. The van der Waals surface area contributed by atoms with Crippen LogP contribution < -0.4 is 16.0 Å². The van der Waals surface area contributed by atoms with Gasteiger partial charge in [-0.25, -0.2) is 4.79 Å². The zero-order valence-electron chi connectivity index (χ0n) is 16.8. The number of aryl methyl sites for hydroxylation is 1. The number of urea groups is 1.